The van der Waals surface area contributed by atoms with Crippen LogP contribution in [0.25, 0.3) is 11.0 Å². The highest BCUT2D eigenvalue weighted by Gasteiger charge is 2.11. The van der Waals surface area contributed by atoms with E-state index in [-0.39, 0.29) is 0 Å². The van der Waals surface area contributed by atoms with Gasteiger partial charge in [-0.15, -0.1) is 11.6 Å². The molecule has 0 saturated heterocycles. The molecule has 4 heteroatoms. The van der Waals surface area contributed by atoms with Gasteiger partial charge in [0, 0.05) is 6.20 Å². The first-order valence-electron chi connectivity index (χ1n) is 6.20. The lowest BCUT2D eigenvalue weighted by atomic mass is 10.2. The van der Waals surface area contributed by atoms with Gasteiger partial charge in [-0.1, -0.05) is 18.2 Å². The van der Waals surface area contributed by atoms with E-state index in [1.54, 1.807) is 6.20 Å². The van der Waals surface area contributed by atoms with Crippen LogP contribution in [-0.4, -0.2) is 14.5 Å². The Labute approximate surface area is 116 Å². The lowest BCUT2D eigenvalue weighted by Crippen LogP contribution is -2.05. The van der Waals surface area contributed by atoms with Crippen LogP contribution in [0.15, 0.2) is 42.6 Å². The molecule has 3 rings (SSSR count). The van der Waals surface area contributed by atoms with E-state index >= 15 is 0 Å². The van der Waals surface area contributed by atoms with Crippen molar-refractivity contribution in [2.24, 2.45) is 0 Å². The van der Waals surface area contributed by atoms with Crippen LogP contribution >= 0.6 is 11.6 Å². The third-order valence-electron chi connectivity index (χ3n) is 3.23. The predicted octanol–water partition coefficient (Wildman–Crippen LogP) is 3.53. The molecule has 96 valence electrons. The van der Waals surface area contributed by atoms with Crippen molar-refractivity contribution in [3.8, 4) is 0 Å². The molecular formula is C15H14ClN3. The fraction of sp³-hybridized carbons (Fsp3) is 0.200. The minimum atomic E-state index is 0.404. The standard InChI is InChI=1S/C15H14ClN3/c1-11-5-4-7-13-15(11)18-14(9-16)19(13)10-12-6-2-3-8-17-12/h2-8H,9-10H2,1H3. The minimum Gasteiger partial charge on any atom is -0.321 e. The van der Waals surface area contributed by atoms with Gasteiger partial charge in [-0.2, -0.15) is 0 Å². The van der Waals surface area contributed by atoms with Crippen molar-refractivity contribution in [3.05, 3.63) is 59.7 Å². The summed E-state index contributed by atoms with van der Waals surface area (Å²) in [7, 11) is 0. The molecule has 3 aromatic rings. The molecule has 0 bridgehead atoms. The van der Waals surface area contributed by atoms with Crippen molar-refractivity contribution < 1.29 is 0 Å². The summed E-state index contributed by atoms with van der Waals surface area (Å²) >= 11 is 6.02. The zero-order valence-electron chi connectivity index (χ0n) is 10.7. The predicted molar refractivity (Wildman–Crippen MR) is 77.4 cm³/mol. The maximum Gasteiger partial charge on any atom is 0.125 e. The summed E-state index contributed by atoms with van der Waals surface area (Å²) in [5.74, 6) is 1.29. The number of rotatable bonds is 3. The Morgan fingerprint density at radius 1 is 1.16 bits per heavy atom. The number of aromatic nitrogens is 3. The third kappa shape index (κ3) is 2.22. The van der Waals surface area contributed by atoms with Crippen LogP contribution in [-0.2, 0) is 12.4 Å². The molecule has 3 nitrogen and oxygen atoms in total. The number of imidazole rings is 1. The van der Waals surface area contributed by atoms with Crippen LogP contribution in [0.4, 0.5) is 0 Å². The van der Waals surface area contributed by atoms with E-state index in [4.69, 9.17) is 11.6 Å². The van der Waals surface area contributed by atoms with E-state index in [9.17, 15) is 0 Å². The molecule has 2 aromatic heterocycles. The smallest absolute Gasteiger partial charge is 0.125 e. The first-order chi connectivity index (χ1) is 9.29. The van der Waals surface area contributed by atoms with Gasteiger partial charge in [-0.05, 0) is 30.7 Å². The lowest BCUT2D eigenvalue weighted by molar-refractivity contribution is 0.758. The summed E-state index contributed by atoms with van der Waals surface area (Å²) in [5, 5.41) is 0. The number of para-hydroxylation sites is 1. The molecule has 0 unspecified atom stereocenters. The molecule has 0 aliphatic carbocycles. The Bertz CT molecular complexity index is 704. The van der Waals surface area contributed by atoms with Crippen molar-refractivity contribution in [2.45, 2.75) is 19.3 Å². The number of nitrogens with zero attached hydrogens (tertiary/aromatic N) is 3. The van der Waals surface area contributed by atoms with Crippen molar-refractivity contribution in [2.75, 3.05) is 0 Å². The molecule has 0 aliphatic rings. The van der Waals surface area contributed by atoms with Crippen molar-refractivity contribution in [1.82, 2.24) is 14.5 Å². The monoisotopic (exact) mass is 271 g/mol. The topological polar surface area (TPSA) is 30.7 Å². The maximum absolute atomic E-state index is 6.02. The van der Waals surface area contributed by atoms with E-state index in [1.165, 1.54) is 5.56 Å². The van der Waals surface area contributed by atoms with Crippen LogP contribution in [0.2, 0.25) is 0 Å². The Hall–Kier alpha value is -1.87. The first-order valence-corrected chi connectivity index (χ1v) is 6.73. The first kappa shape index (κ1) is 12.2. The maximum atomic E-state index is 6.02. The summed E-state index contributed by atoms with van der Waals surface area (Å²) in [6.45, 7) is 2.77. The molecule has 0 spiro atoms. The Balaban J connectivity index is 2.14. The van der Waals surface area contributed by atoms with E-state index in [2.05, 4.69) is 33.6 Å². The average Bonchev–Trinajstić information content (AvgIpc) is 2.80. The summed E-state index contributed by atoms with van der Waals surface area (Å²) in [5.41, 5.74) is 4.31. The van der Waals surface area contributed by atoms with Gasteiger partial charge in [0.15, 0.2) is 0 Å². The molecule has 0 aliphatic heterocycles. The van der Waals surface area contributed by atoms with Gasteiger partial charge in [-0.3, -0.25) is 4.98 Å². The van der Waals surface area contributed by atoms with Gasteiger partial charge >= 0.3 is 0 Å². The van der Waals surface area contributed by atoms with Crippen LogP contribution in [0.5, 0.6) is 0 Å². The van der Waals surface area contributed by atoms with E-state index in [0.29, 0.717) is 12.4 Å². The highest BCUT2D eigenvalue weighted by molar-refractivity contribution is 6.16. The average molecular weight is 272 g/mol. The van der Waals surface area contributed by atoms with Gasteiger partial charge in [0.25, 0.3) is 0 Å². The van der Waals surface area contributed by atoms with Crippen molar-refractivity contribution in [1.29, 1.82) is 0 Å². The van der Waals surface area contributed by atoms with E-state index in [0.717, 1.165) is 22.6 Å². The second-order valence-corrected chi connectivity index (χ2v) is 4.78. The Kier molecular flexibility index (Phi) is 3.22. The fourth-order valence-electron chi connectivity index (χ4n) is 2.27. The minimum absolute atomic E-state index is 0.404. The van der Waals surface area contributed by atoms with Crippen LogP contribution in [0.3, 0.4) is 0 Å². The number of fused-ring (bicyclic) bond motifs is 1. The highest BCUT2D eigenvalue weighted by atomic mass is 35.5. The number of aryl methyl sites for hydroxylation is 1. The molecule has 0 atom stereocenters. The zero-order valence-corrected chi connectivity index (χ0v) is 11.4. The number of halogens is 1. The van der Waals surface area contributed by atoms with Gasteiger partial charge in [-0.25, -0.2) is 4.98 Å². The number of hydrogen-bond acceptors (Lipinski definition) is 2. The normalized spacial score (nSPS) is 11.1. The third-order valence-corrected chi connectivity index (χ3v) is 3.46. The second kappa shape index (κ2) is 5.02. The molecule has 0 fully saturated rings. The largest absolute Gasteiger partial charge is 0.321 e. The van der Waals surface area contributed by atoms with Crippen LogP contribution < -0.4 is 0 Å². The summed E-state index contributed by atoms with van der Waals surface area (Å²) < 4.78 is 2.14. The van der Waals surface area contributed by atoms with Gasteiger partial charge in [0.2, 0.25) is 0 Å². The molecule has 19 heavy (non-hydrogen) atoms. The van der Waals surface area contributed by atoms with Gasteiger partial charge < -0.3 is 4.57 Å². The van der Waals surface area contributed by atoms with E-state index < -0.39 is 0 Å². The summed E-state index contributed by atoms with van der Waals surface area (Å²) in [6, 6.07) is 12.1. The van der Waals surface area contributed by atoms with Crippen LogP contribution in [0, 0.1) is 6.92 Å². The molecular weight excluding hydrogens is 258 g/mol. The molecule has 0 N–H and O–H groups in total. The lowest BCUT2D eigenvalue weighted by Gasteiger charge is -2.07. The van der Waals surface area contributed by atoms with Crippen LogP contribution in [0.1, 0.15) is 17.1 Å². The summed E-state index contributed by atoms with van der Waals surface area (Å²) in [6.07, 6.45) is 1.81. The Morgan fingerprint density at radius 3 is 2.79 bits per heavy atom. The Morgan fingerprint density at radius 2 is 2.05 bits per heavy atom. The molecule has 0 amide bonds. The molecule has 1 aromatic carbocycles. The highest BCUT2D eigenvalue weighted by Crippen LogP contribution is 2.21. The fourth-order valence-corrected chi connectivity index (χ4v) is 2.47. The van der Waals surface area contributed by atoms with Gasteiger partial charge in [0.1, 0.15) is 5.82 Å². The van der Waals surface area contributed by atoms with Gasteiger partial charge in [0.05, 0.1) is 29.2 Å². The molecule has 0 saturated carbocycles. The number of benzene rings is 1. The van der Waals surface area contributed by atoms with Crippen molar-refractivity contribution >= 4 is 22.6 Å². The van der Waals surface area contributed by atoms with E-state index in [1.807, 2.05) is 24.3 Å². The number of pyridine rings is 1. The summed E-state index contributed by atoms with van der Waals surface area (Å²) in [4.78, 5) is 9.00. The molecule has 0 radical (unpaired) electrons. The second-order valence-electron chi connectivity index (χ2n) is 4.51. The van der Waals surface area contributed by atoms with Crippen molar-refractivity contribution in [3.63, 3.8) is 0 Å². The quantitative estimate of drug-likeness (QED) is 0.683. The molecule has 2 heterocycles. The number of alkyl halides is 1. The SMILES string of the molecule is Cc1cccc2c1nc(CCl)n2Cc1ccccn1. The number of hydrogen-bond donors (Lipinski definition) is 0. The zero-order chi connectivity index (χ0) is 13.2.